The van der Waals surface area contributed by atoms with Gasteiger partial charge in [-0.2, -0.15) is 0 Å². The molecule has 0 aliphatic heterocycles. The molecule has 0 radical (unpaired) electrons. The number of benzene rings is 2. The van der Waals surface area contributed by atoms with Crippen LogP contribution in [0.15, 0.2) is 36.4 Å². The van der Waals surface area contributed by atoms with Gasteiger partial charge in [0, 0.05) is 18.2 Å². The van der Waals surface area contributed by atoms with Crippen LogP contribution in [0.2, 0.25) is 0 Å². The molecule has 0 aliphatic carbocycles. The van der Waals surface area contributed by atoms with Gasteiger partial charge in [0.15, 0.2) is 6.61 Å². The van der Waals surface area contributed by atoms with Gasteiger partial charge in [-0.15, -0.1) is 0 Å². The first kappa shape index (κ1) is 20.5. The van der Waals surface area contributed by atoms with Crippen LogP contribution < -0.4 is 19.5 Å². The van der Waals surface area contributed by atoms with Crippen molar-refractivity contribution < 1.29 is 33.5 Å². The SMILES string of the molecule is COc1ccc(C(=O)OCC(=O)Nc2cc([N+](=O)[O-])ccc2OC)c(OC)c1. The van der Waals surface area contributed by atoms with E-state index in [9.17, 15) is 19.7 Å². The molecule has 0 unspecified atom stereocenters. The number of nitro groups is 1. The normalized spacial score (nSPS) is 9.96. The van der Waals surface area contributed by atoms with Gasteiger partial charge in [-0.05, 0) is 18.2 Å². The standard InChI is InChI=1S/C18H18N2O8/c1-25-12-5-6-13(16(9-12)27-3)18(22)28-10-17(21)19-14-8-11(20(23)24)4-7-15(14)26-2/h4-9H,10H2,1-3H3,(H,19,21). The molecule has 0 aliphatic rings. The minimum atomic E-state index is -0.777. The average molecular weight is 390 g/mol. The highest BCUT2D eigenvalue weighted by molar-refractivity contribution is 5.97. The van der Waals surface area contributed by atoms with Crippen molar-refractivity contribution in [3.63, 3.8) is 0 Å². The number of nitro benzene ring substituents is 1. The fraction of sp³-hybridized carbons (Fsp3) is 0.222. The van der Waals surface area contributed by atoms with Crippen LogP contribution in [0.3, 0.4) is 0 Å². The van der Waals surface area contributed by atoms with E-state index in [1.54, 1.807) is 6.07 Å². The monoisotopic (exact) mass is 390 g/mol. The molecule has 10 nitrogen and oxygen atoms in total. The zero-order valence-electron chi connectivity index (χ0n) is 15.4. The van der Waals surface area contributed by atoms with E-state index in [1.165, 1.54) is 45.6 Å². The third-order valence-corrected chi connectivity index (χ3v) is 3.63. The van der Waals surface area contributed by atoms with Crippen LogP contribution in [0.4, 0.5) is 11.4 Å². The lowest BCUT2D eigenvalue weighted by Gasteiger charge is -2.12. The van der Waals surface area contributed by atoms with Gasteiger partial charge in [0.25, 0.3) is 11.6 Å². The first-order valence-corrected chi connectivity index (χ1v) is 7.91. The van der Waals surface area contributed by atoms with Crippen molar-refractivity contribution in [2.24, 2.45) is 0 Å². The third-order valence-electron chi connectivity index (χ3n) is 3.63. The van der Waals surface area contributed by atoms with E-state index in [1.807, 2.05) is 0 Å². The molecule has 2 aromatic carbocycles. The van der Waals surface area contributed by atoms with Gasteiger partial charge in [-0.3, -0.25) is 14.9 Å². The topological polar surface area (TPSA) is 126 Å². The van der Waals surface area contributed by atoms with E-state index in [0.717, 1.165) is 6.07 Å². The molecular formula is C18H18N2O8. The average Bonchev–Trinajstić information content (AvgIpc) is 2.71. The predicted octanol–water partition coefficient (Wildman–Crippen LogP) is 2.42. The third kappa shape index (κ3) is 4.87. The van der Waals surface area contributed by atoms with Gasteiger partial charge in [-0.1, -0.05) is 0 Å². The van der Waals surface area contributed by atoms with Crippen LogP contribution in [0, 0.1) is 10.1 Å². The maximum absolute atomic E-state index is 12.2. The zero-order valence-corrected chi connectivity index (χ0v) is 15.4. The molecule has 0 saturated carbocycles. The van der Waals surface area contributed by atoms with Gasteiger partial charge >= 0.3 is 5.97 Å². The van der Waals surface area contributed by atoms with Crippen molar-refractivity contribution in [1.82, 2.24) is 0 Å². The zero-order chi connectivity index (χ0) is 20.7. The molecular weight excluding hydrogens is 372 g/mol. The molecule has 2 rings (SSSR count). The van der Waals surface area contributed by atoms with Crippen molar-refractivity contribution in [3.05, 3.63) is 52.1 Å². The van der Waals surface area contributed by atoms with Crippen molar-refractivity contribution in [2.75, 3.05) is 33.3 Å². The number of non-ortho nitro benzene ring substituents is 1. The fourth-order valence-corrected chi connectivity index (χ4v) is 2.27. The summed E-state index contributed by atoms with van der Waals surface area (Å²) < 4.78 is 20.2. The van der Waals surface area contributed by atoms with Crippen LogP contribution in [-0.2, 0) is 9.53 Å². The summed E-state index contributed by atoms with van der Waals surface area (Å²) in [6.07, 6.45) is 0. The second-order valence-electron chi connectivity index (χ2n) is 5.33. The quantitative estimate of drug-likeness (QED) is 0.414. The molecule has 1 N–H and O–H groups in total. The Kier molecular flexibility index (Phi) is 6.74. The highest BCUT2D eigenvalue weighted by atomic mass is 16.6. The van der Waals surface area contributed by atoms with Crippen molar-refractivity contribution in [2.45, 2.75) is 0 Å². The lowest BCUT2D eigenvalue weighted by atomic mass is 10.2. The first-order valence-electron chi connectivity index (χ1n) is 7.91. The summed E-state index contributed by atoms with van der Waals surface area (Å²) in [6.45, 7) is -0.611. The summed E-state index contributed by atoms with van der Waals surface area (Å²) in [5, 5.41) is 13.3. The second-order valence-corrected chi connectivity index (χ2v) is 5.33. The highest BCUT2D eigenvalue weighted by Crippen LogP contribution is 2.29. The maximum Gasteiger partial charge on any atom is 0.342 e. The van der Waals surface area contributed by atoms with Gasteiger partial charge in [0.2, 0.25) is 0 Å². The lowest BCUT2D eigenvalue weighted by Crippen LogP contribution is -2.21. The summed E-state index contributed by atoms with van der Waals surface area (Å²) in [7, 11) is 4.21. The molecule has 2 aromatic rings. The first-order chi connectivity index (χ1) is 13.4. The van der Waals surface area contributed by atoms with Crippen LogP contribution in [0.1, 0.15) is 10.4 Å². The Morgan fingerprint density at radius 3 is 2.32 bits per heavy atom. The summed E-state index contributed by atoms with van der Waals surface area (Å²) in [5.74, 6) is -0.531. The minimum absolute atomic E-state index is 0.0831. The number of rotatable bonds is 8. The second kappa shape index (κ2) is 9.21. The van der Waals surface area contributed by atoms with E-state index < -0.39 is 23.4 Å². The fourth-order valence-electron chi connectivity index (χ4n) is 2.27. The highest BCUT2D eigenvalue weighted by Gasteiger charge is 2.18. The van der Waals surface area contributed by atoms with E-state index in [0.29, 0.717) is 5.75 Å². The number of ether oxygens (including phenoxy) is 4. The van der Waals surface area contributed by atoms with Crippen molar-refractivity contribution >= 4 is 23.3 Å². The predicted molar refractivity (Wildman–Crippen MR) is 98.1 cm³/mol. The number of carbonyl (C=O) groups is 2. The van der Waals surface area contributed by atoms with Gasteiger partial charge < -0.3 is 24.3 Å². The Bertz CT molecular complexity index is 897. The van der Waals surface area contributed by atoms with Crippen LogP contribution in [0.5, 0.6) is 17.2 Å². The summed E-state index contributed by atoms with van der Waals surface area (Å²) >= 11 is 0. The molecule has 10 heteroatoms. The van der Waals surface area contributed by atoms with E-state index in [2.05, 4.69) is 5.32 Å². The Hall–Kier alpha value is -3.82. The number of amides is 1. The Labute approximate surface area is 160 Å². The molecule has 0 saturated heterocycles. The Morgan fingerprint density at radius 2 is 1.71 bits per heavy atom. The minimum Gasteiger partial charge on any atom is -0.497 e. The van der Waals surface area contributed by atoms with Crippen LogP contribution in [0.25, 0.3) is 0 Å². The number of methoxy groups -OCH3 is 3. The molecule has 0 bridgehead atoms. The van der Waals surface area contributed by atoms with Crippen molar-refractivity contribution in [1.29, 1.82) is 0 Å². The molecule has 0 atom stereocenters. The molecule has 1 amide bonds. The maximum atomic E-state index is 12.2. The Balaban J connectivity index is 2.06. The number of esters is 1. The molecule has 28 heavy (non-hydrogen) atoms. The number of carbonyl (C=O) groups excluding carboxylic acids is 2. The number of anilines is 1. The van der Waals surface area contributed by atoms with Crippen molar-refractivity contribution in [3.8, 4) is 17.2 Å². The number of hydrogen-bond acceptors (Lipinski definition) is 8. The summed E-state index contributed by atoms with van der Waals surface area (Å²) in [4.78, 5) is 34.6. The van der Waals surface area contributed by atoms with Crippen LogP contribution in [-0.4, -0.2) is 44.7 Å². The van der Waals surface area contributed by atoms with E-state index in [-0.39, 0.29) is 28.4 Å². The van der Waals surface area contributed by atoms with E-state index >= 15 is 0 Å². The lowest BCUT2D eigenvalue weighted by molar-refractivity contribution is -0.384. The molecule has 0 aromatic heterocycles. The summed E-state index contributed by atoms with van der Waals surface area (Å²) in [5.41, 5.74) is -0.0279. The molecule has 0 heterocycles. The number of nitrogens with zero attached hydrogens (tertiary/aromatic N) is 1. The molecule has 0 fully saturated rings. The van der Waals surface area contributed by atoms with Gasteiger partial charge in [-0.25, -0.2) is 4.79 Å². The largest absolute Gasteiger partial charge is 0.497 e. The number of nitrogens with one attached hydrogen (secondary N) is 1. The number of hydrogen-bond donors (Lipinski definition) is 1. The molecule has 148 valence electrons. The smallest absolute Gasteiger partial charge is 0.342 e. The summed E-state index contributed by atoms with van der Waals surface area (Å²) in [6, 6.07) is 8.23. The molecule has 0 spiro atoms. The van der Waals surface area contributed by atoms with Gasteiger partial charge in [0.05, 0.1) is 31.9 Å². The van der Waals surface area contributed by atoms with Crippen LogP contribution >= 0.6 is 0 Å². The van der Waals surface area contributed by atoms with E-state index in [4.69, 9.17) is 18.9 Å². The van der Waals surface area contributed by atoms with Gasteiger partial charge in [0.1, 0.15) is 22.8 Å². The Morgan fingerprint density at radius 1 is 1.00 bits per heavy atom.